The number of hydrogen-bond acceptors (Lipinski definition) is 5. The maximum Gasteiger partial charge on any atom is 0.416 e. The molecule has 0 saturated heterocycles. The van der Waals surface area contributed by atoms with Gasteiger partial charge in [-0.15, -0.1) is 10.2 Å². The van der Waals surface area contributed by atoms with Crippen molar-refractivity contribution in [3.8, 4) is 28.4 Å². The Bertz CT molecular complexity index is 1910. The molecular formula is C30H20F5N3O4. The number of rotatable bonds is 5. The van der Waals surface area contributed by atoms with E-state index in [1.807, 2.05) is 0 Å². The first kappa shape index (κ1) is 28.3. The number of hydrogen-bond donors (Lipinski definition) is 3. The van der Waals surface area contributed by atoms with Crippen molar-refractivity contribution in [2.45, 2.75) is 20.0 Å². The molecule has 3 N–H and O–H groups in total. The van der Waals surface area contributed by atoms with Crippen molar-refractivity contribution in [3.05, 3.63) is 101 Å². The number of nitrogens with zero attached hydrogens (tertiary/aromatic N) is 3. The van der Waals surface area contributed by atoms with Gasteiger partial charge in [-0.3, -0.25) is 4.57 Å². The molecule has 0 amide bonds. The minimum absolute atomic E-state index is 0.0363. The Balaban J connectivity index is 1.70. The largest absolute Gasteiger partial charge is 0.505 e. The van der Waals surface area contributed by atoms with Gasteiger partial charge >= 0.3 is 12.1 Å². The van der Waals surface area contributed by atoms with Gasteiger partial charge in [0.05, 0.1) is 16.6 Å². The first-order valence-electron chi connectivity index (χ1n) is 12.3. The zero-order valence-corrected chi connectivity index (χ0v) is 21.8. The molecule has 0 aliphatic carbocycles. The molecule has 4 aromatic carbocycles. The van der Waals surface area contributed by atoms with E-state index in [1.54, 1.807) is 0 Å². The lowest BCUT2D eigenvalue weighted by atomic mass is 10.0. The molecule has 0 fully saturated rings. The number of azo groups is 1. The highest BCUT2D eigenvalue weighted by atomic mass is 19.4. The van der Waals surface area contributed by atoms with Crippen molar-refractivity contribution >= 4 is 28.2 Å². The van der Waals surface area contributed by atoms with Crippen molar-refractivity contribution in [1.29, 1.82) is 0 Å². The van der Waals surface area contributed by atoms with E-state index < -0.39 is 46.7 Å². The number of alkyl halides is 3. The average Bonchev–Trinajstić information content (AvgIpc) is 3.21. The number of halogens is 5. The summed E-state index contributed by atoms with van der Waals surface area (Å²) in [6.45, 7) is 2.93. The second kappa shape index (κ2) is 10.3. The van der Waals surface area contributed by atoms with Gasteiger partial charge in [0.2, 0.25) is 5.88 Å². The van der Waals surface area contributed by atoms with Crippen LogP contribution in [0.2, 0.25) is 0 Å². The second-order valence-electron chi connectivity index (χ2n) is 9.54. The van der Waals surface area contributed by atoms with Crippen molar-refractivity contribution in [3.63, 3.8) is 0 Å². The van der Waals surface area contributed by atoms with E-state index in [1.165, 1.54) is 50.2 Å². The molecule has 1 aromatic heterocycles. The van der Waals surface area contributed by atoms with Crippen LogP contribution in [0.5, 0.6) is 11.6 Å². The van der Waals surface area contributed by atoms with Crippen LogP contribution in [0.1, 0.15) is 27.0 Å². The predicted octanol–water partition coefficient (Wildman–Crippen LogP) is 8.74. The van der Waals surface area contributed by atoms with E-state index in [9.17, 15) is 42.1 Å². The third-order valence-electron chi connectivity index (χ3n) is 6.66. The van der Waals surface area contributed by atoms with Crippen LogP contribution in [0.25, 0.3) is 27.7 Å². The molecule has 7 nitrogen and oxygen atoms in total. The lowest BCUT2D eigenvalue weighted by molar-refractivity contribution is -0.137. The van der Waals surface area contributed by atoms with E-state index in [-0.39, 0.29) is 50.1 Å². The molecule has 1 heterocycles. The Morgan fingerprint density at radius 3 is 2.21 bits per heavy atom. The summed E-state index contributed by atoms with van der Waals surface area (Å²) >= 11 is 0. The minimum Gasteiger partial charge on any atom is -0.505 e. The molecule has 0 unspecified atom stereocenters. The SMILES string of the molecule is Cc1cc(-n2c(O)c(N=Nc3cc(F)cc(-c4cccc(C(=O)O)c4)c3O)c3ccc(C(F)(F)F)cc32)cc(C)c1F. The fourth-order valence-electron chi connectivity index (χ4n) is 4.65. The fraction of sp³-hybridized carbons (Fsp3) is 0.100. The number of carbonyl (C=O) groups is 1. The number of phenolic OH excluding ortho intramolecular Hbond substituents is 1. The molecule has 214 valence electrons. The molecule has 0 spiro atoms. The standard InChI is InChI=1S/C30H20F5N3O4/c1-14-8-20(9-15(2)25(14)32)38-24-11-18(30(33,34)35)6-7-21(24)26(28(38)40)37-36-23-13-19(31)12-22(27(23)39)16-4-3-5-17(10-16)29(41)42/h3-13,39-40H,1-2H3,(H,41,42). The van der Waals surface area contributed by atoms with Crippen molar-refractivity contribution in [1.82, 2.24) is 4.57 Å². The van der Waals surface area contributed by atoms with E-state index in [2.05, 4.69) is 10.2 Å². The van der Waals surface area contributed by atoms with Crippen LogP contribution in [0.15, 0.2) is 77.0 Å². The number of aromatic nitrogens is 1. The van der Waals surface area contributed by atoms with Gasteiger partial charge in [-0.2, -0.15) is 13.2 Å². The van der Waals surface area contributed by atoms with Gasteiger partial charge < -0.3 is 15.3 Å². The first-order chi connectivity index (χ1) is 19.8. The second-order valence-corrected chi connectivity index (χ2v) is 9.54. The highest BCUT2D eigenvalue weighted by molar-refractivity contribution is 5.97. The van der Waals surface area contributed by atoms with Gasteiger partial charge in [-0.25, -0.2) is 13.6 Å². The number of carboxylic acids is 1. The molecule has 5 rings (SSSR count). The Morgan fingerprint density at radius 1 is 0.881 bits per heavy atom. The molecule has 0 saturated carbocycles. The molecule has 42 heavy (non-hydrogen) atoms. The van der Waals surface area contributed by atoms with Crippen LogP contribution in [-0.4, -0.2) is 25.9 Å². The van der Waals surface area contributed by atoms with E-state index in [4.69, 9.17) is 0 Å². The molecular weight excluding hydrogens is 561 g/mol. The summed E-state index contributed by atoms with van der Waals surface area (Å²) in [4.78, 5) is 11.4. The first-order valence-corrected chi connectivity index (χ1v) is 12.3. The maximum atomic E-state index is 14.6. The van der Waals surface area contributed by atoms with Gasteiger partial charge in [0.25, 0.3) is 0 Å². The number of benzene rings is 4. The Labute approximate surface area is 234 Å². The highest BCUT2D eigenvalue weighted by Crippen LogP contribution is 2.45. The van der Waals surface area contributed by atoms with Gasteiger partial charge in [0.15, 0.2) is 11.4 Å². The monoisotopic (exact) mass is 581 g/mol. The van der Waals surface area contributed by atoms with Gasteiger partial charge in [-0.05, 0) is 79.1 Å². The number of aromatic hydroxyl groups is 2. The zero-order valence-electron chi connectivity index (χ0n) is 21.8. The third kappa shape index (κ3) is 5.02. The van der Waals surface area contributed by atoms with Crippen LogP contribution in [-0.2, 0) is 6.18 Å². The lowest BCUT2D eigenvalue weighted by Gasteiger charge is -2.12. The number of fused-ring (bicyclic) bond motifs is 1. The smallest absolute Gasteiger partial charge is 0.416 e. The normalized spacial score (nSPS) is 12.0. The maximum absolute atomic E-state index is 14.6. The Morgan fingerprint density at radius 2 is 1.57 bits per heavy atom. The predicted molar refractivity (Wildman–Crippen MR) is 144 cm³/mol. The Hall–Kier alpha value is -5.26. The molecule has 12 heteroatoms. The topological polar surface area (TPSA) is 107 Å². The summed E-state index contributed by atoms with van der Waals surface area (Å²) in [5.74, 6) is -3.80. The molecule has 5 aromatic rings. The summed E-state index contributed by atoms with van der Waals surface area (Å²) < 4.78 is 70.7. The Kier molecular flexibility index (Phi) is 6.93. The summed E-state index contributed by atoms with van der Waals surface area (Å²) in [6.07, 6.45) is -4.71. The quantitative estimate of drug-likeness (QED) is 0.142. The highest BCUT2D eigenvalue weighted by Gasteiger charge is 2.32. The average molecular weight is 581 g/mol. The number of carboxylic acid groups (broad SMARTS) is 1. The zero-order chi connectivity index (χ0) is 30.5. The lowest BCUT2D eigenvalue weighted by Crippen LogP contribution is -2.05. The molecule has 0 atom stereocenters. The molecule has 0 aliphatic heterocycles. The van der Waals surface area contributed by atoms with Crippen molar-refractivity contribution < 1.29 is 42.1 Å². The van der Waals surface area contributed by atoms with Crippen LogP contribution in [0, 0.1) is 25.5 Å². The number of aromatic carboxylic acids is 1. The molecule has 0 radical (unpaired) electrons. The van der Waals surface area contributed by atoms with Crippen LogP contribution in [0.4, 0.5) is 33.3 Å². The van der Waals surface area contributed by atoms with Gasteiger partial charge in [0.1, 0.15) is 17.3 Å². The van der Waals surface area contributed by atoms with Gasteiger partial charge in [-0.1, -0.05) is 12.1 Å². The summed E-state index contributed by atoms with van der Waals surface area (Å²) in [6, 6.07) is 12.6. The molecule has 0 aliphatic rings. The fourth-order valence-corrected chi connectivity index (χ4v) is 4.65. The van der Waals surface area contributed by atoms with Crippen LogP contribution < -0.4 is 0 Å². The minimum atomic E-state index is -4.71. The van der Waals surface area contributed by atoms with E-state index >= 15 is 0 Å². The van der Waals surface area contributed by atoms with Gasteiger partial charge in [0, 0.05) is 22.7 Å². The number of aryl methyl sites for hydroxylation is 2. The number of phenols is 1. The van der Waals surface area contributed by atoms with E-state index in [0.717, 1.165) is 34.9 Å². The van der Waals surface area contributed by atoms with Crippen LogP contribution in [0.3, 0.4) is 0 Å². The molecule has 0 bridgehead atoms. The van der Waals surface area contributed by atoms with Crippen LogP contribution >= 0.6 is 0 Å². The van der Waals surface area contributed by atoms with E-state index in [0.29, 0.717) is 0 Å². The summed E-state index contributed by atoms with van der Waals surface area (Å²) in [7, 11) is 0. The van der Waals surface area contributed by atoms with Crippen molar-refractivity contribution in [2.24, 2.45) is 10.2 Å². The van der Waals surface area contributed by atoms with Crippen molar-refractivity contribution in [2.75, 3.05) is 0 Å². The summed E-state index contributed by atoms with van der Waals surface area (Å²) in [5.41, 5.74) is -1.32. The summed E-state index contributed by atoms with van der Waals surface area (Å²) in [5, 5.41) is 39.2. The third-order valence-corrected chi connectivity index (χ3v) is 6.66.